The summed E-state index contributed by atoms with van der Waals surface area (Å²) in [4.78, 5) is 25.0. The van der Waals surface area contributed by atoms with Crippen LogP contribution in [0.5, 0.6) is 0 Å². The number of hydrogen-bond acceptors (Lipinski definition) is 9. The summed E-state index contributed by atoms with van der Waals surface area (Å²) in [5.41, 5.74) is 1.09. The van der Waals surface area contributed by atoms with Crippen LogP contribution in [0, 0.1) is 0 Å². The van der Waals surface area contributed by atoms with Gasteiger partial charge in [-0.2, -0.15) is 9.97 Å². The summed E-state index contributed by atoms with van der Waals surface area (Å²) >= 11 is 1.29. The molecular weight excluding hydrogens is 378 g/mol. The minimum Gasteiger partial charge on any atom is -0.355 e. The fourth-order valence-electron chi connectivity index (χ4n) is 2.47. The summed E-state index contributed by atoms with van der Waals surface area (Å²) in [6.45, 7) is 5.90. The van der Waals surface area contributed by atoms with Crippen LogP contribution in [0.1, 0.15) is 19.4 Å². The van der Waals surface area contributed by atoms with E-state index < -0.39 is 0 Å². The maximum Gasteiger partial charge on any atom is 0.261 e. The SMILES string of the molecule is CCNc1nc(NCC)n2c(SCC(=O)NCCc3cccnc3)nnc2n1. The van der Waals surface area contributed by atoms with Gasteiger partial charge in [0.15, 0.2) is 5.16 Å². The fraction of sp³-hybridized carbons (Fsp3) is 0.412. The molecule has 3 N–H and O–H groups in total. The van der Waals surface area contributed by atoms with Gasteiger partial charge in [-0.25, -0.2) is 4.40 Å². The van der Waals surface area contributed by atoms with Crippen LogP contribution in [-0.4, -0.2) is 60.8 Å². The Hall–Kier alpha value is -2.95. The van der Waals surface area contributed by atoms with E-state index in [4.69, 9.17) is 0 Å². The highest BCUT2D eigenvalue weighted by atomic mass is 32.2. The average molecular weight is 402 g/mol. The number of nitrogens with zero attached hydrogens (tertiary/aromatic N) is 6. The van der Waals surface area contributed by atoms with Crippen LogP contribution in [0.25, 0.3) is 5.78 Å². The molecule has 3 heterocycles. The van der Waals surface area contributed by atoms with Crippen molar-refractivity contribution < 1.29 is 4.79 Å². The number of thioether (sulfide) groups is 1. The first kappa shape index (κ1) is 19.8. The van der Waals surface area contributed by atoms with Gasteiger partial charge >= 0.3 is 0 Å². The van der Waals surface area contributed by atoms with Gasteiger partial charge in [-0.1, -0.05) is 17.8 Å². The van der Waals surface area contributed by atoms with Gasteiger partial charge in [0.2, 0.25) is 17.8 Å². The lowest BCUT2D eigenvalue weighted by Gasteiger charge is -2.09. The van der Waals surface area contributed by atoms with Gasteiger partial charge < -0.3 is 16.0 Å². The van der Waals surface area contributed by atoms with Crippen LogP contribution >= 0.6 is 11.8 Å². The molecule has 3 rings (SSSR count). The van der Waals surface area contributed by atoms with Crippen molar-refractivity contribution in [3.63, 3.8) is 0 Å². The Morgan fingerprint density at radius 2 is 2.04 bits per heavy atom. The molecule has 0 saturated carbocycles. The molecule has 10 nitrogen and oxygen atoms in total. The van der Waals surface area contributed by atoms with Crippen molar-refractivity contribution in [3.05, 3.63) is 30.1 Å². The Morgan fingerprint density at radius 3 is 2.79 bits per heavy atom. The number of carbonyl (C=O) groups is 1. The number of amides is 1. The summed E-state index contributed by atoms with van der Waals surface area (Å²) in [6, 6.07) is 3.87. The number of aromatic nitrogens is 6. The molecule has 28 heavy (non-hydrogen) atoms. The molecule has 0 fully saturated rings. The third-order valence-corrected chi connectivity index (χ3v) is 4.64. The normalized spacial score (nSPS) is 10.8. The highest BCUT2D eigenvalue weighted by Gasteiger charge is 2.15. The molecule has 0 aliphatic carbocycles. The Kier molecular flexibility index (Phi) is 6.95. The highest BCUT2D eigenvalue weighted by molar-refractivity contribution is 7.99. The monoisotopic (exact) mass is 401 g/mol. The number of fused-ring (bicyclic) bond motifs is 1. The number of pyridine rings is 1. The lowest BCUT2D eigenvalue weighted by atomic mass is 10.2. The van der Waals surface area contributed by atoms with Gasteiger partial charge in [0.05, 0.1) is 5.75 Å². The zero-order valence-corrected chi connectivity index (χ0v) is 16.7. The van der Waals surface area contributed by atoms with Gasteiger partial charge in [0, 0.05) is 32.0 Å². The molecule has 0 radical (unpaired) electrons. The molecular formula is C17H23N9OS. The van der Waals surface area contributed by atoms with Crippen LogP contribution < -0.4 is 16.0 Å². The minimum absolute atomic E-state index is 0.0687. The van der Waals surface area contributed by atoms with Crippen molar-refractivity contribution in [2.75, 3.05) is 36.0 Å². The van der Waals surface area contributed by atoms with E-state index in [1.54, 1.807) is 16.8 Å². The number of hydrogen-bond donors (Lipinski definition) is 3. The second-order valence-corrected chi connectivity index (χ2v) is 6.74. The summed E-state index contributed by atoms with van der Waals surface area (Å²) < 4.78 is 1.72. The molecule has 0 saturated heterocycles. The van der Waals surface area contributed by atoms with Crippen molar-refractivity contribution in [1.82, 2.24) is 34.9 Å². The zero-order chi connectivity index (χ0) is 19.8. The molecule has 0 spiro atoms. The van der Waals surface area contributed by atoms with Crippen molar-refractivity contribution in [1.29, 1.82) is 0 Å². The fourth-order valence-corrected chi connectivity index (χ4v) is 3.23. The first-order valence-corrected chi connectivity index (χ1v) is 10.1. The van der Waals surface area contributed by atoms with E-state index in [-0.39, 0.29) is 11.7 Å². The molecule has 3 aromatic rings. The molecule has 0 unspecified atom stereocenters. The Labute approximate surface area is 167 Å². The van der Waals surface area contributed by atoms with Crippen molar-refractivity contribution in [3.8, 4) is 0 Å². The number of nitrogens with one attached hydrogen (secondary N) is 3. The number of carbonyl (C=O) groups excluding carboxylic acids is 1. The third-order valence-electron chi connectivity index (χ3n) is 3.71. The van der Waals surface area contributed by atoms with Crippen LogP contribution in [-0.2, 0) is 11.2 Å². The van der Waals surface area contributed by atoms with Crippen LogP contribution in [0.4, 0.5) is 11.9 Å². The van der Waals surface area contributed by atoms with E-state index in [2.05, 4.69) is 41.1 Å². The highest BCUT2D eigenvalue weighted by Crippen LogP contribution is 2.20. The molecule has 0 aliphatic heterocycles. The molecule has 1 amide bonds. The smallest absolute Gasteiger partial charge is 0.261 e. The van der Waals surface area contributed by atoms with Gasteiger partial charge in [-0.15, -0.1) is 10.2 Å². The first-order valence-electron chi connectivity index (χ1n) is 9.10. The number of rotatable bonds is 10. The molecule has 0 aliphatic rings. The summed E-state index contributed by atoms with van der Waals surface area (Å²) in [6.07, 6.45) is 4.27. The van der Waals surface area contributed by atoms with E-state index >= 15 is 0 Å². The van der Waals surface area contributed by atoms with E-state index in [9.17, 15) is 4.79 Å². The topological polar surface area (TPSA) is 122 Å². The van der Waals surface area contributed by atoms with E-state index in [1.165, 1.54) is 11.8 Å². The second kappa shape index (κ2) is 9.83. The van der Waals surface area contributed by atoms with Gasteiger partial charge in [0.25, 0.3) is 5.78 Å². The quantitative estimate of drug-likeness (QED) is 0.430. The van der Waals surface area contributed by atoms with Gasteiger partial charge in [-0.05, 0) is 31.9 Å². The largest absolute Gasteiger partial charge is 0.355 e. The van der Waals surface area contributed by atoms with Crippen molar-refractivity contribution >= 4 is 35.3 Å². The maximum absolute atomic E-state index is 12.2. The Balaban J connectivity index is 1.61. The minimum atomic E-state index is -0.0687. The molecule has 148 valence electrons. The second-order valence-electron chi connectivity index (χ2n) is 5.80. The van der Waals surface area contributed by atoms with Crippen LogP contribution in [0.15, 0.2) is 29.7 Å². The molecule has 3 aromatic heterocycles. The van der Waals surface area contributed by atoms with Gasteiger partial charge in [0.1, 0.15) is 0 Å². The molecule has 0 bridgehead atoms. The zero-order valence-electron chi connectivity index (χ0n) is 15.8. The van der Waals surface area contributed by atoms with E-state index in [0.717, 1.165) is 12.0 Å². The summed E-state index contributed by atoms with van der Waals surface area (Å²) in [5.74, 6) is 1.67. The molecule has 0 atom stereocenters. The number of anilines is 2. The van der Waals surface area contributed by atoms with Crippen LogP contribution in [0.3, 0.4) is 0 Å². The van der Waals surface area contributed by atoms with E-state index in [0.29, 0.717) is 42.5 Å². The lowest BCUT2D eigenvalue weighted by molar-refractivity contribution is -0.118. The van der Waals surface area contributed by atoms with Crippen molar-refractivity contribution in [2.45, 2.75) is 25.4 Å². The standard InChI is InChI=1S/C17H23N9OS/c1-3-19-14-22-15(20-4-2)26-16(23-14)24-25-17(26)28-11-13(27)21-9-7-12-6-5-8-18-10-12/h5-6,8,10H,3-4,7,9,11H2,1-2H3,(H,21,27)(H2,19,20,22,23,24). The Morgan fingerprint density at radius 1 is 1.18 bits per heavy atom. The van der Waals surface area contributed by atoms with Crippen LogP contribution in [0.2, 0.25) is 0 Å². The summed E-state index contributed by atoms with van der Waals surface area (Å²) in [7, 11) is 0. The first-order chi connectivity index (χ1) is 13.7. The van der Waals surface area contributed by atoms with Gasteiger partial charge in [-0.3, -0.25) is 9.78 Å². The average Bonchev–Trinajstić information content (AvgIpc) is 3.11. The lowest BCUT2D eigenvalue weighted by Crippen LogP contribution is -2.27. The van der Waals surface area contributed by atoms with E-state index in [1.807, 2.05) is 26.0 Å². The predicted molar refractivity (Wildman–Crippen MR) is 109 cm³/mol. The Bertz CT molecular complexity index is 916. The molecule has 11 heteroatoms. The molecule has 0 aromatic carbocycles. The predicted octanol–water partition coefficient (Wildman–Crippen LogP) is 1.23. The maximum atomic E-state index is 12.2. The summed E-state index contributed by atoms with van der Waals surface area (Å²) in [5, 5.41) is 18.0. The van der Waals surface area contributed by atoms with Crippen molar-refractivity contribution in [2.24, 2.45) is 0 Å². The third kappa shape index (κ3) is 5.06.